The second-order valence-electron chi connectivity index (χ2n) is 5.92. The number of nitrogens with one attached hydrogen (secondary N) is 3. The highest BCUT2D eigenvalue weighted by Crippen LogP contribution is 2.16. The van der Waals surface area contributed by atoms with E-state index in [9.17, 15) is 17.2 Å². The van der Waals surface area contributed by atoms with Gasteiger partial charge in [-0.3, -0.25) is 0 Å². The van der Waals surface area contributed by atoms with Gasteiger partial charge >= 0.3 is 0 Å². The number of anilines is 3. The number of nitrogens with zero attached hydrogens (tertiary/aromatic N) is 3. The van der Waals surface area contributed by atoms with Crippen molar-refractivity contribution in [3.05, 3.63) is 66.1 Å². The van der Waals surface area contributed by atoms with Gasteiger partial charge in [0.1, 0.15) is 39.8 Å². The average Bonchev–Trinajstić information content (AvgIpc) is 2.65. The van der Waals surface area contributed by atoms with Crippen molar-refractivity contribution in [3.63, 3.8) is 0 Å². The fourth-order valence-electron chi connectivity index (χ4n) is 2.44. The first-order chi connectivity index (χ1) is 13.8. The normalized spacial score (nSPS) is 11.3. The summed E-state index contributed by atoms with van der Waals surface area (Å²) in [5.74, 6) is 0.114. The quantitative estimate of drug-likeness (QED) is 0.481. The van der Waals surface area contributed by atoms with E-state index in [1.165, 1.54) is 0 Å². The zero-order chi connectivity index (χ0) is 20.9. The standard InChI is InChI=1S/C18H18F2N6O2S/c1-12-24-17(11-18(25-12)26-16-4-2-3-7-21-16)22-8-9-23-29(27,28)15-6-5-13(19)10-14(15)20/h2-7,10-11,23H,8-9H2,1H3,(H2,21,22,24,25,26). The number of halogens is 2. The molecule has 3 aromatic rings. The predicted molar refractivity (Wildman–Crippen MR) is 104 cm³/mol. The third kappa shape index (κ3) is 5.65. The lowest BCUT2D eigenvalue weighted by atomic mass is 10.3. The Hall–Kier alpha value is -3.18. The van der Waals surface area contributed by atoms with Crippen molar-refractivity contribution in [3.8, 4) is 0 Å². The van der Waals surface area contributed by atoms with Gasteiger partial charge in [-0.1, -0.05) is 6.07 Å². The zero-order valence-electron chi connectivity index (χ0n) is 15.4. The molecule has 1 aromatic carbocycles. The maximum Gasteiger partial charge on any atom is 0.243 e. The minimum Gasteiger partial charge on any atom is -0.369 e. The third-order valence-corrected chi connectivity index (χ3v) is 5.16. The van der Waals surface area contributed by atoms with Crippen molar-refractivity contribution >= 4 is 27.5 Å². The van der Waals surface area contributed by atoms with E-state index < -0.39 is 26.6 Å². The Balaban J connectivity index is 1.59. The van der Waals surface area contributed by atoms with Crippen molar-refractivity contribution in [2.75, 3.05) is 23.7 Å². The average molecular weight is 420 g/mol. The van der Waals surface area contributed by atoms with Gasteiger partial charge in [-0.15, -0.1) is 0 Å². The topological polar surface area (TPSA) is 109 Å². The second-order valence-corrected chi connectivity index (χ2v) is 7.66. The summed E-state index contributed by atoms with van der Waals surface area (Å²) < 4.78 is 53.2. The van der Waals surface area contributed by atoms with Crippen molar-refractivity contribution in [2.24, 2.45) is 0 Å². The SMILES string of the molecule is Cc1nc(NCCNS(=O)(=O)c2ccc(F)cc2F)cc(Nc2ccccn2)n1. The third-order valence-electron chi connectivity index (χ3n) is 3.67. The predicted octanol–water partition coefficient (Wildman–Crippen LogP) is 2.59. The van der Waals surface area contributed by atoms with Gasteiger partial charge in [-0.05, 0) is 31.2 Å². The van der Waals surface area contributed by atoms with E-state index in [0.29, 0.717) is 29.3 Å². The molecule has 0 unspecified atom stereocenters. The van der Waals surface area contributed by atoms with Crippen LogP contribution in [0.15, 0.2) is 53.6 Å². The van der Waals surface area contributed by atoms with Gasteiger partial charge in [-0.2, -0.15) is 0 Å². The van der Waals surface area contributed by atoms with Crippen molar-refractivity contribution in [1.29, 1.82) is 0 Å². The van der Waals surface area contributed by atoms with E-state index in [1.807, 2.05) is 6.07 Å². The van der Waals surface area contributed by atoms with E-state index in [1.54, 1.807) is 31.3 Å². The Kier molecular flexibility index (Phi) is 6.29. The molecule has 0 saturated carbocycles. The van der Waals surface area contributed by atoms with Crippen LogP contribution in [0.4, 0.5) is 26.2 Å². The highest BCUT2D eigenvalue weighted by atomic mass is 32.2. The van der Waals surface area contributed by atoms with Crippen molar-refractivity contribution in [2.45, 2.75) is 11.8 Å². The number of hydrogen-bond acceptors (Lipinski definition) is 7. The first kappa shape index (κ1) is 20.6. The lowest BCUT2D eigenvalue weighted by Crippen LogP contribution is -2.29. The van der Waals surface area contributed by atoms with Gasteiger partial charge < -0.3 is 10.6 Å². The molecule has 2 aromatic heterocycles. The fourth-order valence-corrected chi connectivity index (χ4v) is 3.53. The number of hydrogen-bond donors (Lipinski definition) is 3. The zero-order valence-corrected chi connectivity index (χ0v) is 16.2. The van der Waals surface area contributed by atoms with Crippen LogP contribution >= 0.6 is 0 Å². The van der Waals surface area contributed by atoms with Gasteiger partial charge in [0.2, 0.25) is 10.0 Å². The second kappa shape index (κ2) is 8.88. The number of aromatic nitrogens is 3. The molecule has 152 valence electrons. The Morgan fingerprint density at radius 2 is 1.76 bits per heavy atom. The summed E-state index contributed by atoms with van der Waals surface area (Å²) in [6, 6.07) is 9.34. The molecule has 0 saturated heterocycles. The van der Waals surface area contributed by atoms with E-state index in [4.69, 9.17) is 0 Å². The molecule has 0 spiro atoms. The number of aryl methyl sites for hydroxylation is 1. The summed E-state index contributed by atoms with van der Waals surface area (Å²) in [5, 5.41) is 6.01. The van der Waals surface area contributed by atoms with Gasteiger partial charge in [0.15, 0.2) is 0 Å². The Morgan fingerprint density at radius 3 is 2.48 bits per heavy atom. The Labute approximate surface area is 166 Å². The van der Waals surface area contributed by atoms with Gasteiger partial charge in [-0.25, -0.2) is 36.9 Å². The molecule has 29 heavy (non-hydrogen) atoms. The smallest absolute Gasteiger partial charge is 0.243 e. The lowest BCUT2D eigenvalue weighted by Gasteiger charge is -2.11. The minimum absolute atomic E-state index is 0.0365. The van der Waals surface area contributed by atoms with E-state index in [0.717, 1.165) is 12.1 Å². The van der Waals surface area contributed by atoms with E-state index in [-0.39, 0.29) is 13.1 Å². The summed E-state index contributed by atoms with van der Waals surface area (Å²) in [4.78, 5) is 12.0. The molecular formula is C18H18F2N6O2S. The molecule has 0 aliphatic rings. The number of pyridine rings is 1. The molecule has 0 aliphatic heterocycles. The highest BCUT2D eigenvalue weighted by molar-refractivity contribution is 7.89. The summed E-state index contributed by atoms with van der Waals surface area (Å²) in [6.45, 7) is 1.86. The van der Waals surface area contributed by atoms with Crippen LogP contribution in [0, 0.1) is 18.6 Å². The molecule has 0 bridgehead atoms. The van der Waals surface area contributed by atoms with Crippen LogP contribution in [0.2, 0.25) is 0 Å². The van der Waals surface area contributed by atoms with Crippen LogP contribution in [0.25, 0.3) is 0 Å². The van der Waals surface area contributed by atoms with Crippen LogP contribution < -0.4 is 15.4 Å². The molecule has 3 N–H and O–H groups in total. The monoisotopic (exact) mass is 420 g/mol. The molecule has 11 heteroatoms. The van der Waals surface area contributed by atoms with Crippen LogP contribution in [-0.4, -0.2) is 36.5 Å². The molecule has 0 amide bonds. The van der Waals surface area contributed by atoms with Crippen LogP contribution in [0.3, 0.4) is 0 Å². The van der Waals surface area contributed by atoms with E-state index in [2.05, 4.69) is 30.3 Å². The molecule has 0 radical (unpaired) electrons. The van der Waals surface area contributed by atoms with Gasteiger partial charge in [0.05, 0.1) is 0 Å². The molecule has 0 atom stereocenters. The largest absolute Gasteiger partial charge is 0.369 e. The fraction of sp³-hybridized carbons (Fsp3) is 0.167. The van der Waals surface area contributed by atoms with E-state index >= 15 is 0 Å². The van der Waals surface area contributed by atoms with Crippen LogP contribution in [-0.2, 0) is 10.0 Å². The number of benzene rings is 1. The minimum atomic E-state index is -4.10. The van der Waals surface area contributed by atoms with Crippen LogP contribution in [0.1, 0.15) is 5.82 Å². The van der Waals surface area contributed by atoms with Crippen molar-refractivity contribution in [1.82, 2.24) is 19.7 Å². The van der Waals surface area contributed by atoms with Gasteiger partial charge in [0, 0.05) is 31.4 Å². The molecule has 8 nitrogen and oxygen atoms in total. The number of rotatable bonds is 8. The summed E-state index contributed by atoms with van der Waals surface area (Å²) in [6.07, 6.45) is 1.64. The van der Waals surface area contributed by atoms with Crippen molar-refractivity contribution < 1.29 is 17.2 Å². The summed E-state index contributed by atoms with van der Waals surface area (Å²) >= 11 is 0. The molecule has 2 heterocycles. The maximum atomic E-state index is 13.7. The lowest BCUT2D eigenvalue weighted by molar-refractivity contribution is 0.543. The van der Waals surface area contributed by atoms with Gasteiger partial charge in [0.25, 0.3) is 0 Å². The molecular weight excluding hydrogens is 402 g/mol. The van der Waals surface area contributed by atoms with Crippen LogP contribution in [0.5, 0.6) is 0 Å². The maximum absolute atomic E-state index is 13.7. The first-order valence-corrected chi connectivity index (χ1v) is 10.0. The first-order valence-electron chi connectivity index (χ1n) is 8.56. The molecule has 3 rings (SSSR count). The summed E-state index contributed by atoms with van der Waals surface area (Å²) in [7, 11) is -4.10. The number of sulfonamides is 1. The molecule has 0 fully saturated rings. The Bertz CT molecular complexity index is 1100. The molecule has 0 aliphatic carbocycles. The summed E-state index contributed by atoms with van der Waals surface area (Å²) in [5.41, 5.74) is 0. The Morgan fingerprint density at radius 1 is 0.966 bits per heavy atom. The highest BCUT2D eigenvalue weighted by Gasteiger charge is 2.18.